The number of likely N-dealkylation sites (N-methyl/N-ethyl adjacent to an activating group) is 1. The standard InChI is InChI=1S/C23H29ClN2O3/c1-26(2)13-16-29-21-6-4-3-5-20(21)22(27)25-17-23(11-14-28-15-12-23)18-7-9-19(24)10-8-18/h3-10H,11-17H2,1-2H3,(H,25,27). The highest BCUT2D eigenvalue weighted by molar-refractivity contribution is 6.30. The highest BCUT2D eigenvalue weighted by Crippen LogP contribution is 2.35. The zero-order chi connectivity index (χ0) is 20.7. The molecule has 156 valence electrons. The Morgan fingerprint density at radius 2 is 1.83 bits per heavy atom. The number of carbonyl (C=O) groups is 1. The number of para-hydroxylation sites is 1. The van der Waals surface area contributed by atoms with Gasteiger partial charge in [-0.05, 0) is 56.8 Å². The summed E-state index contributed by atoms with van der Waals surface area (Å²) < 4.78 is 11.4. The molecule has 0 aliphatic carbocycles. The van der Waals surface area contributed by atoms with Gasteiger partial charge in [0.2, 0.25) is 0 Å². The van der Waals surface area contributed by atoms with Gasteiger partial charge in [-0.1, -0.05) is 35.9 Å². The van der Waals surface area contributed by atoms with Crippen molar-refractivity contribution < 1.29 is 14.3 Å². The highest BCUT2D eigenvalue weighted by atomic mass is 35.5. The van der Waals surface area contributed by atoms with Crippen LogP contribution in [0, 0.1) is 0 Å². The molecule has 0 aromatic heterocycles. The third kappa shape index (κ3) is 5.72. The molecule has 2 aromatic carbocycles. The highest BCUT2D eigenvalue weighted by Gasteiger charge is 2.35. The first-order valence-electron chi connectivity index (χ1n) is 9.99. The van der Waals surface area contributed by atoms with Gasteiger partial charge in [-0.2, -0.15) is 0 Å². The minimum atomic E-state index is -0.154. The van der Waals surface area contributed by atoms with E-state index in [-0.39, 0.29) is 11.3 Å². The van der Waals surface area contributed by atoms with E-state index < -0.39 is 0 Å². The van der Waals surface area contributed by atoms with Gasteiger partial charge in [0.1, 0.15) is 12.4 Å². The molecule has 5 nitrogen and oxygen atoms in total. The Labute approximate surface area is 177 Å². The largest absolute Gasteiger partial charge is 0.491 e. The smallest absolute Gasteiger partial charge is 0.255 e. The number of benzene rings is 2. The number of hydrogen-bond acceptors (Lipinski definition) is 4. The molecule has 1 N–H and O–H groups in total. The van der Waals surface area contributed by atoms with Crippen molar-refractivity contribution in [1.82, 2.24) is 10.2 Å². The van der Waals surface area contributed by atoms with E-state index in [0.717, 1.165) is 19.4 Å². The van der Waals surface area contributed by atoms with Gasteiger partial charge in [-0.3, -0.25) is 4.79 Å². The number of carbonyl (C=O) groups excluding carboxylic acids is 1. The van der Waals surface area contributed by atoms with E-state index in [1.54, 1.807) is 6.07 Å². The Balaban J connectivity index is 1.72. The van der Waals surface area contributed by atoms with Crippen molar-refractivity contribution in [2.45, 2.75) is 18.3 Å². The lowest BCUT2D eigenvalue weighted by Crippen LogP contribution is -2.44. The number of ether oxygens (including phenoxy) is 2. The summed E-state index contributed by atoms with van der Waals surface area (Å²) in [6.45, 7) is 3.23. The lowest BCUT2D eigenvalue weighted by atomic mass is 9.74. The molecule has 0 bridgehead atoms. The van der Waals surface area contributed by atoms with Crippen LogP contribution in [0.5, 0.6) is 5.75 Å². The molecule has 1 heterocycles. The first kappa shape index (κ1) is 21.6. The second kappa shape index (κ2) is 10.1. The third-order valence-corrected chi connectivity index (χ3v) is 5.67. The molecule has 0 radical (unpaired) electrons. The van der Waals surface area contributed by atoms with E-state index >= 15 is 0 Å². The molecule has 1 aliphatic rings. The van der Waals surface area contributed by atoms with Crippen molar-refractivity contribution in [1.29, 1.82) is 0 Å². The number of amides is 1. The summed E-state index contributed by atoms with van der Waals surface area (Å²) in [5.74, 6) is 0.490. The molecule has 1 saturated heterocycles. The quantitative estimate of drug-likeness (QED) is 0.711. The second-order valence-electron chi connectivity index (χ2n) is 7.73. The Morgan fingerprint density at radius 1 is 1.14 bits per heavy atom. The number of nitrogens with one attached hydrogen (secondary N) is 1. The van der Waals surface area contributed by atoms with Gasteiger partial charge in [0, 0.05) is 36.7 Å². The summed E-state index contributed by atoms with van der Waals surface area (Å²) in [6.07, 6.45) is 1.71. The topological polar surface area (TPSA) is 50.8 Å². The molecule has 0 spiro atoms. The molecular formula is C23H29ClN2O3. The molecular weight excluding hydrogens is 388 g/mol. The van der Waals surface area contributed by atoms with Gasteiger partial charge in [0.05, 0.1) is 5.56 Å². The van der Waals surface area contributed by atoms with Crippen LogP contribution >= 0.6 is 11.6 Å². The third-order valence-electron chi connectivity index (χ3n) is 5.42. The first-order chi connectivity index (χ1) is 14.0. The van der Waals surface area contributed by atoms with Gasteiger partial charge in [0.25, 0.3) is 5.91 Å². The molecule has 2 aromatic rings. The maximum absolute atomic E-state index is 13.0. The van der Waals surface area contributed by atoms with Crippen LogP contribution in [0.4, 0.5) is 0 Å². The van der Waals surface area contributed by atoms with Crippen molar-refractivity contribution >= 4 is 17.5 Å². The van der Waals surface area contributed by atoms with E-state index in [1.807, 2.05) is 49.3 Å². The lowest BCUT2D eigenvalue weighted by Gasteiger charge is -2.38. The van der Waals surface area contributed by atoms with Crippen molar-refractivity contribution in [2.75, 3.05) is 47.0 Å². The minimum absolute atomic E-state index is 0.120. The predicted octanol–water partition coefficient (Wildman–Crippen LogP) is 3.76. The number of nitrogens with zero attached hydrogens (tertiary/aromatic N) is 1. The van der Waals surface area contributed by atoms with E-state index in [1.165, 1.54) is 5.56 Å². The molecule has 1 fully saturated rings. The Bertz CT molecular complexity index is 802. The van der Waals surface area contributed by atoms with Crippen molar-refractivity contribution in [3.8, 4) is 5.75 Å². The number of halogens is 1. The van der Waals surface area contributed by atoms with Crippen LogP contribution < -0.4 is 10.1 Å². The fraction of sp³-hybridized carbons (Fsp3) is 0.435. The average Bonchev–Trinajstić information content (AvgIpc) is 2.73. The molecule has 29 heavy (non-hydrogen) atoms. The summed E-state index contributed by atoms with van der Waals surface area (Å²) in [7, 11) is 3.98. The van der Waals surface area contributed by atoms with E-state index in [4.69, 9.17) is 21.1 Å². The molecule has 0 unspecified atom stereocenters. The molecule has 0 atom stereocenters. The van der Waals surface area contributed by atoms with E-state index in [0.29, 0.717) is 42.7 Å². The van der Waals surface area contributed by atoms with Crippen LogP contribution in [0.2, 0.25) is 5.02 Å². The second-order valence-corrected chi connectivity index (χ2v) is 8.17. The molecule has 1 aliphatic heterocycles. The predicted molar refractivity (Wildman–Crippen MR) is 116 cm³/mol. The number of rotatable bonds is 8. The summed E-state index contributed by atoms with van der Waals surface area (Å²) in [6, 6.07) is 15.3. The fourth-order valence-electron chi connectivity index (χ4n) is 3.60. The van der Waals surface area contributed by atoms with Gasteiger partial charge in [-0.25, -0.2) is 0 Å². The maximum Gasteiger partial charge on any atom is 0.255 e. The molecule has 3 rings (SSSR count). The monoisotopic (exact) mass is 416 g/mol. The molecule has 0 saturated carbocycles. The van der Waals surface area contributed by atoms with Crippen molar-refractivity contribution in [2.24, 2.45) is 0 Å². The summed E-state index contributed by atoms with van der Waals surface area (Å²) in [4.78, 5) is 15.0. The van der Waals surface area contributed by atoms with Gasteiger partial charge < -0.3 is 19.7 Å². The van der Waals surface area contributed by atoms with Crippen molar-refractivity contribution in [3.05, 3.63) is 64.7 Å². The van der Waals surface area contributed by atoms with Crippen LogP contribution in [-0.2, 0) is 10.2 Å². The van der Waals surface area contributed by atoms with Crippen LogP contribution in [0.1, 0.15) is 28.8 Å². The normalized spacial score (nSPS) is 15.9. The summed E-state index contributed by atoms with van der Waals surface area (Å²) >= 11 is 6.07. The number of hydrogen-bond donors (Lipinski definition) is 1. The maximum atomic E-state index is 13.0. The Kier molecular flexibility index (Phi) is 7.53. The molecule has 1 amide bonds. The average molecular weight is 417 g/mol. The van der Waals surface area contributed by atoms with Gasteiger partial charge in [-0.15, -0.1) is 0 Å². The first-order valence-corrected chi connectivity index (χ1v) is 10.4. The zero-order valence-electron chi connectivity index (χ0n) is 17.1. The minimum Gasteiger partial charge on any atom is -0.491 e. The fourth-order valence-corrected chi connectivity index (χ4v) is 3.72. The molecule has 6 heteroatoms. The van der Waals surface area contributed by atoms with Crippen LogP contribution in [0.25, 0.3) is 0 Å². The van der Waals surface area contributed by atoms with Gasteiger partial charge in [0.15, 0.2) is 0 Å². The van der Waals surface area contributed by atoms with E-state index in [2.05, 4.69) is 17.4 Å². The van der Waals surface area contributed by atoms with Gasteiger partial charge >= 0.3 is 0 Å². The van der Waals surface area contributed by atoms with E-state index in [9.17, 15) is 4.79 Å². The summed E-state index contributed by atoms with van der Waals surface area (Å²) in [5.41, 5.74) is 1.59. The lowest BCUT2D eigenvalue weighted by molar-refractivity contribution is 0.0487. The Hall–Kier alpha value is -2.08. The van der Waals surface area contributed by atoms with Crippen molar-refractivity contribution in [3.63, 3.8) is 0 Å². The zero-order valence-corrected chi connectivity index (χ0v) is 17.9. The SMILES string of the molecule is CN(C)CCOc1ccccc1C(=O)NCC1(c2ccc(Cl)cc2)CCOCC1. The summed E-state index contributed by atoms with van der Waals surface area (Å²) in [5, 5.41) is 3.86. The van der Waals surface area contributed by atoms with Crippen LogP contribution in [-0.4, -0.2) is 57.8 Å². The Morgan fingerprint density at radius 3 is 2.52 bits per heavy atom. The van der Waals surface area contributed by atoms with Crippen LogP contribution in [0.3, 0.4) is 0 Å². The van der Waals surface area contributed by atoms with Crippen LogP contribution in [0.15, 0.2) is 48.5 Å².